The Hall–Kier alpha value is -1.61. The number of aromatic nitrogens is 2. The summed E-state index contributed by atoms with van der Waals surface area (Å²) in [7, 11) is 6.20. The van der Waals surface area contributed by atoms with Crippen LogP contribution in [0.2, 0.25) is 0 Å². The van der Waals surface area contributed by atoms with Crippen LogP contribution in [0, 0.1) is 13.8 Å². The molecule has 0 aliphatic carbocycles. The Bertz CT molecular complexity index is 567. The van der Waals surface area contributed by atoms with Crippen molar-refractivity contribution in [1.29, 1.82) is 0 Å². The Morgan fingerprint density at radius 1 is 1.16 bits per heavy atom. The molecule has 0 spiro atoms. The first-order valence-electron chi connectivity index (χ1n) is 6.72. The Labute approximate surface area is 115 Å². The van der Waals surface area contributed by atoms with Crippen molar-refractivity contribution < 1.29 is 0 Å². The average Bonchev–Trinajstić information content (AvgIpc) is 2.67. The van der Waals surface area contributed by atoms with E-state index in [4.69, 9.17) is 0 Å². The van der Waals surface area contributed by atoms with Crippen molar-refractivity contribution in [2.24, 2.45) is 7.05 Å². The number of aryl methyl sites for hydroxylation is 3. The molecule has 0 saturated carbocycles. The lowest BCUT2D eigenvalue weighted by Gasteiger charge is -2.11. The fraction of sp³-hybridized carbons (Fsp3) is 0.438. The van der Waals surface area contributed by atoms with Crippen LogP contribution in [0.5, 0.6) is 0 Å². The Balaban J connectivity index is 2.34. The van der Waals surface area contributed by atoms with E-state index in [2.05, 4.69) is 62.3 Å². The molecule has 0 fully saturated rings. The van der Waals surface area contributed by atoms with Gasteiger partial charge in [-0.2, -0.15) is 5.10 Å². The average molecular weight is 257 g/mol. The smallest absolute Gasteiger partial charge is 0.0672 e. The van der Waals surface area contributed by atoms with Gasteiger partial charge < -0.3 is 4.90 Å². The summed E-state index contributed by atoms with van der Waals surface area (Å²) >= 11 is 0. The molecule has 1 heterocycles. The zero-order valence-corrected chi connectivity index (χ0v) is 12.6. The van der Waals surface area contributed by atoms with Gasteiger partial charge in [-0.25, -0.2) is 0 Å². The van der Waals surface area contributed by atoms with Crippen molar-refractivity contribution in [3.8, 4) is 11.1 Å². The molecule has 19 heavy (non-hydrogen) atoms. The first-order valence-corrected chi connectivity index (χ1v) is 6.72. The summed E-state index contributed by atoms with van der Waals surface area (Å²) in [6, 6.07) is 6.75. The van der Waals surface area contributed by atoms with Gasteiger partial charge in [-0.3, -0.25) is 4.68 Å². The van der Waals surface area contributed by atoms with Gasteiger partial charge >= 0.3 is 0 Å². The maximum Gasteiger partial charge on any atom is 0.0672 e. The summed E-state index contributed by atoms with van der Waals surface area (Å²) in [6.45, 7) is 5.31. The van der Waals surface area contributed by atoms with E-state index < -0.39 is 0 Å². The van der Waals surface area contributed by atoms with E-state index in [9.17, 15) is 0 Å². The van der Waals surface area contributed by atoms with Crippen molar-refractivity contribution >= 4 is 0 Å². The van der Waals surface area contributed by atoms with Gasteiger partial charge in [0.15, 0.2) is 0 Å². The molecule has 0 unspecified atom stereocenters. The highest BCUT2D eigenvalue weighted by Crippen LogP contribution is 2.27. The zero-order chi connectivity index (χ0) is 14.0. The lowest BCUT2D eigenvalue weighted by atomic mass is 9.97. The minimum atomic E-state index is 1.08. The number of rotatable bonds is 4. The second-order valence-corrected chi connectivity index (χ2v) is 5.50. The zero-order valence-electron chi connectivity index (χ0n) is 12.6. The highest BCUT2D eigenvalue weighted by molar-refractivity contribution is 5.69. The van der Waals surface area contributed by atoms with Gasteiger partial charge in [0.05, 0.1) is 5.69 Å². The third kappa shape index (κ3) is 3.24. The van der Waals surface area contributed by atoms with Crippen LogP contribution in [-0.2, 0) is 13.5 Å². The molecule has 0 radical (unpaired) electrons. The molecule has 1 aromatic heterocycles. The maximum absolute atomic E-state index is 4.44. The van der Waals surface area contributed by atoms with Crippen LogP contribution in [-0.4, -0.2) is 35.3 Å². The van der Waals surface area contributed by atoms with Crippen molar-refractivity contribution in [3.63, 3.8) is 0 Å². The first-order chi connectivity index (χ1) is 8.97. The number of hydrogen-bond donors (Lipinski definition) is 0. The SMILES string of the molecule is Cc1ccc(CCN(C)C)cc1-c1cn(C)nc1C. The van der Waals surface area contributed by atoms with Crippen LogP contribution in [0.1, 0.15) is 16.8 Å². The molecule has 2 rings (SSSR count). The minimum absolute atomic E-state index is 1.08. The second kappa shape index (κ2) is 5.57. The molecule has 0 N–H and O–H groups in total. The highest BCUT2D eigenvalue weighted by atomic mass is 15.2. The van der Waals surface area contributed by atoms with Crippen LogP contribution in [0.15, 0.2) is 24.4 Å². The van der Waals surface area contributed by atoms with Crippen LogP contribution in [0.4, 0.5) is 0 Å². The lowest BCUT2D eigenvalue weighted by molar-refractivity contribution is 0.413. The van der Waals surface area contributed by atoms with E-state index in [-0.39, 0.29) is 0 Å². The maximum atomic E-state index is 4.44. The van der Waals surface area contributed by atoms with Crippen LogP contribution >= 0.6 is 0 Å². The monoisotopic (exact) mass is 257 g/mol. The molecular weight excluding hydrogens is 234 g/mol. The number of benzene rings is 1. The molecule has 0 atom stereocenters. The van der Waals surface area contributed by atoms with Crippen LogP contribution in [0.25, 0.3) is 11.1 Å². The van der Waals surface area contributed by atoms with Crippen molar-refractivity contribution in [3.05, 3.63) is 41.2 Å². The predicted molar refractivity (Wildman–Crippen MR) is 80.4 cm³/mol. The van der Waals surface area contributed by atoms with E-state index in [1.165, 1.54) is 22.3 Å². The quantitative estimate of drug-likeness (QED) is 0.840. The number of likely N-dealkylation sites (N-methyl/N-ethyl adjacent to an activating group) is 1. The van der Waals surface area contributed by atoms with Crippen LogP contribution < -0.4 is 0 Å². The summed E-state index contributed by atoms with van der Waals surface area (Å²) in [4.78, 5) is 2.22. The van der Waals surface area contributed by atoms with Gasteiger partial charge in [0.1, 0.15) is 0 Å². The molecule has 0 saturated heterocycles. The fourth-order valence-electron chi connectivity index (χ4n) is 2.33. The van der Waals surface area contributed by atoms with E-state index in [1.54, 1.807) is 0 Å². The molecule has 3 nitrogen and oxygen atoms in total. The molecule has 3 heteroatoms. The summed E-state index contributed by atoms with van der Waals surface area (Å²) in [5.41, 5.74) is 6.34. The van der Waals surface area contributed by atoms with Gasteiger partial charge in [-0.15, -0.1) is 0 Å². The molecule has 2 aromatic rings. The largest absolute Gasteiger partial charge is 0.309 e. The van der Waals surface area contributed by atoms with Crippen molar-refractivity contribution in [1.82, 2.24) is 14.7 Å². The Morgan fingerprint density at radius 3 is 2.47 bits per heavy atom. The van der Waals surface area contributed by atoms with Gasteiger partial charge in [0.2, 0.25) is 0 Å². The Morgan fingerprint density at radius 2 is 1.89 bits per heavy atom. The van der Waals surface area contributed by atoms with E-state index in [0.717, 1.165) is 18.7 Å². The van der Waals surface area contributed by atoms with Crippen molar-refractivity contribution in [2.75, 3.05) is 20.6 Å². The standard InChI is InChI=1S/C16H23N3/c1-12-6-7-14(8-9-18(3)4)10-15(12)16-11-19(5)17-13(16)2/h6-7,10-11H,8-9H2,1-5H3. The Kier molecular flexibility index (Phi) is 4.05. The number of nitrogens with zero attached hydrogens (tertiary/aromatic N) is 3. The van der Waals surface area contributed by atoms with E-state index >= 15 is 0 Å². The van der Waals surface area contributed by atoms with Gasteiger partial charge in [0.25, 0.3) is 0 Å². The summed E-state index contributed by atoms with van der Waals surface area (Å²) in [5.74, 6) is 0. The molecule has 1 aromatic carbocycles. The highest BCUT2D eigenvalue weighted by Gasteiger charge is 2.09. The summed E-state index contributed by atoms with van der Waals surface area (Å²) in [5, 5.41) is 4.44. The third-order valence-electron chi connectivity index (χ3n) is 3.45. The third-order valence-corrected chi connectivity index (χ3v) is 3.45. The van der Waals surface area contributed by atoms with Gasteiger partial charge in [-0.05, 0) is 51.1 Å². The summed E-state index contributed by atoms with van der Waals surface area (Å²) < 4.78 is 1.89. The lowest BCUT2D eigenvalue weighted by Crippen LogP contribution is -2.15. The van der Waals surface area contributed by atoms with Gasteiger partial charge in [-0.1, -0.05) is 18.2 Å². The predicted octanol–water partition coefficient (Wildman–Crippen LogP) is 2.81. The molecule has 0 amide bonds. The normalized spacial score (nSPS) is 11.3. The molecule has 0 aliphatic rings. The first kappa shape index (κ1) is 13.8. The molecule has 0 aliphatic heterocycles. The van der Waals surface area contributed by atoms with E-state index in [0.29, 0.717) is 0 Å². The second-order valence-electron chi connectivity index (χ2n) is 5.50. The minimum Gasteiger partial charge on any atom is -0.309 e. The molecular formula is C16H23N3. The summed E-state index contributed by atoms with van der Waals surface area (Å²) in [6.07, 6.45) is 3.19. The van der Waals surface area contributed by atoms with E-state index in [1.807, 2.05) is 11.7 Å². The number of hydrogen-bond acceptors (Lipinski definition) is 2. The van der Waals surface area contributed by atoms with Crippen molar-refractivity contribution in [2.45, 2.75) is 20.3 Å². The molecule has 102 valence electrons. The molecule has 0 bridgehead atoms. The van der Waals surface area contributed by atoms with Gasteiger partial charge in [0, 0.05) is 25.4 Å². The van der Waals surface area contributed by atoms with Crippen LogP contribution in [0.3, 0.4) is 0 Å². The topological polar surface area (TPSA) is 21.1 Å². The fourth-order valence-corrected chi connectivity index (χ4v) is 2.33.